The molecule has 1 aliphatic rings. The predicted octanol–water partition coefficient (Wildman–Crippen LogP) is 3.70. The largest absolute Gasteiger partial charge is 0.384 e. The Labute approximate surface area is 129 Å². The lowest BCUT2D eigenvalue weighted by Crippen LogP contribution is -2.14. The highest BCUT2D eigenvalue weighted by atomic mass is 35.5. The Hall–Kier alpha value is -1.62. The molecule has 2 aromatic rings. The van der Waals surface area contributed by atoms with Gasteiger partial charge in [-0.25, -0.2) is 4.68 Å². The van der Waals surface area contributed by atoms with E-state index in [1.54, 1.807) is 11.0 Å². The lowest BCUT2D eigenvalue weighted by molar-refractivity contribution is 0.483. The first kappa shape index (κ1) is 14.3. The quantitative estimate of drug-likeness (QED) is 0.875. The molecule has 0 aliphatic heterocycles. The van der Waals surface area contributed by atoms with Crippen LogP contribution in [0.1, 0.15) is 38.5 Å². The van der Waals surface area contributed by atoms with E-state index in [2.05, 4.69) is 20.8 Å². The molecular weight excluding hydrogens is 286 g/mol. The van der Waals surface area contributed by atoms with E-state index in [1.165, 1.54) is 38.5 Å². The van der Waals surface area contributed by atoms with E-state index < -0.39 is 0 Å². The molecule has 1 N–H and O–H groups in total. The van der Waals surface area contributed by atoms with Crippen LogP contribution in [0, 0.1) is 5.92 Å². The lowest BCUT2D eigenvalue weighted by atomic mass is 10.0. The number of hydrogen-bond acceptors (Lipinski definition) is 4. The second-order valence-electron chi connectivity index (χ2n) is 5.66. The molecule has 0 unspecified atom stereocenters. The number of nitrogens with zero attached hydrogens (tertiary/aromatic N) is 4. The average Bonchev–Trinajstić information content (AvgIpc) is 2.91. The van der Waals surface area contributed by atoms with E-state index in [1.807, 2.05) is 18.2 Å². The molecule has 1 fully saturated rings. The molecule has 1 aliphatic carbocycles. The van der Waals surface area contributed by atoms with Crippen LogP contribution in [0.15, 0.2) is 24.5 Å². The van der Waals surface area contributed by atoms with Crippen molar-refractivity contribution in [2.45, 2.75) is 38.5 Å². The van der Waals surface area contributed by atoms with Crippen molar-refractivity contribution in [3.05, 3.63) is 29.5 Å². The Morgan fingerprint density at radius 3 is 2.71 bits per heavy atom. The average molecular weight is 306 g/mol. The summed E-state index contributed by atoms with van der Waals surface area (Å²) in [5.74, 6) is 0.750. The van der Waals surface area contributed by atoms with Crippen LogP contribution in [0.3, 0.4) is 0 Å². The fourth-order valence-electron chi connectivity index (χ4n) is 2.89. The van der Waals surface area contributed by atoms with E-state index in [4.69, 9.17) is 11.6 Å². The summed E-state index contributed by atoms with van der Waals surface area (Å²) in [5.41, 5.74) is 1.86. The zero-order valence-corrected chi connectivity index (χ0v) is 12.8. The number of nitrogens with one attached hydrogen (secondary N) is 1. The fourth-order valence-corrected chi connectivity index (χ4v) is 3.08. The summed E-state index contributed by atoms with van der Waals surface area (Å²) in [5, 5.41) is 15.5. The molecule has 1 aromatic heterocycles. The summed E-state index contributed by atoms with van der Waals surface area (Å²) in [6, 6.07) is 5.79. The van der Waals surface area contributed by atoms with Gasteiger partial charge in [0.2, 0.25) is 0 Å². The number of hydrogen-bond donors (Lipinski definition) is 1. The summed E-state index contributed by atoms with van der Waals surface area (Å²) in [6.45, 7) is 0.985. The normalized spacial score (nSPS) is 16.6. The third-order valence-corrected chi connectivity index (χ3v) is 4.45. The van der Waals surface area contributed by atoms with Crippen molar-refractivity contribution in [3.63, 3.8) is 0 Å². The van der Waals surface area contributed by atoms with Crippen LogP contribution in [-0.4, -0.2) is 26.8 Å². The molecular formula is C15H20ClN5. The first-order valence-corrected chi connectivity index (χ1v) is 7.97. The lowest BCUT2D eigenvalue weighted by Gasteiger charge is -2.17. The van der Waals surface area contributed by atoms with Crippen LogP contribution in [0.5, 0.6) is 0 Å². The summed E-state index contributed by atoms with van der Waals surface area (Å²) < 4.78 is 1.63. The molecule has 0 radical (unpaired) electrons. The van der Waals surface area contributed by atoms with Crippen LogP contribution in [-0.2, 0) is 0 Å². The Kier molecular flexibility index (Phi) is 4.70. The van der Waals surface area contributed by atoms with Crippen molar-refractivity contribution in [2.24, 2.45) is 5.92 Å². The maximum absolute atomic E-state index is 6.28. The third-order valence-electron chi connectivity index (χ3n) is 4.12. The van der Waals surface area contributed by atoms with Crippen LogP contribution in [0.2, 0.25) is 5.02 Å². The Morgan fingerprint density at radius 2 is 2.00 bits per heavy atom. The van der Waals surface area contributed by atoms with E-state index in [0.29, 0.717) is 0 Å². The number of rotatable bonds is 4. The Bertz CT molecular complexity index is 561. The van der Waals surface area contributed by atoms with Crippen LogP contribution >= 0.6 is 11.6 Å². The van der Waals surface area contributed by atoms with Crippen LogP contribution < -0.4 is 5.32 Å². The van der Waals surface area contributed by atoms with E-state index in [-0.39, 0.29) is 0 Å². The second-order valence-corrected chi connectivity index (χ2v) is 6.06. The molecule has 3 rings (SSSR count). The molecule has 6 heteroatoms. The predicted molar refractivity (Wildman–Crippen MR) is 83.8 cm³/mol. The van der Waals surface area contributed by atoms with Crippen molar-refractivity contribution in [3.8, 4) is 5.69 Å². The number of tetrazole rings is 1. The molecule has 1 saturated carbocycles. The highest BCUT2D eigenvalue weighted by Crippen LogP contribution is 2.27. The van der Waals surface area contributed by atoms with Gasteiger partial charge in [0.15, 0.2) is 0 Å². The molecule has 0 atom stereocenters. The first-order valence-electron chi connectivity index (χ1n) is 7.60. The van der Waals surface area contributed by atoms with Gasteiger partial charge in [-0.1, -0.05) is 37.3 Å². The minimum absolute atomic E-state index is 0.737. The van der Waals surface area contributed by atoms with E-state index in [0.717, 1.165) is 28.9 Å². The van der Waals surface area contributed by atoms with Gasteiger partial charge in [0, 0.05) is 6.54 Å². The van der Waals surface area contributed by atoms with Gasteiger partial charge in [-0.15, -0.1) is 5.10 Å². The van der Waals surface area contributed by atoms with Crippen LogP contribution in [0.4, 0.5) is 5.69 Å². The van der Waals surface area contributed by atoms with Crippen LogP contribution in [0.25, 0.3) is 5.69 Å². The monoisotopic (exact) mass is 305 g/mol. The van der Waals surface area contributed by atoms with Gasteiger partial charge in [-0.3, -0.25) is 0 Å². The van der Waals surface area contributed by atoms with Crippen molar-refractivity contribution in [2.75, 3.05) is 11.9 Å². The minimum Gasteiger partial charge on any atom is -0.384 e. The SMILES string of the molecule is Clc1ccc(-n2cnnn2)cc1NCC1CCCCCC1. The standard InChI is InChI=1S/C15H20ClN5/c16-14-8-7-13(21-11-18-19-20-21)9-15(14)17-10-12-5-3-1-2-4-6-12/h7-9,11-12,17H,1-6,10H2. The smallest absolute Gasteiger partial charge is 0.143 e. The molecule has 1 aromatic carbocycles. The molecule has 0 saturated heterocycles. The van der Waals surface area contributed by atoms with Crippen molar-refractivity contribution < 1.29 is 0 Å². The number of aromatic nitrogens is 4. The molecule has 0 bridgehead atoms. The number of anilines is 1. The topological polar surface area (TPSA) is 55.6 Å². The summed E-state index contributed by atoms with van der Waals surface area (Å²) in [7, 11) is 0. The molecule has 21 heavy (non-hydrogen) atoms. The zero-order valence-electron chi connectivity index (χ0n) is 12.0. The van der Waals surface area contributed by atoms with Gasteiger partial charge in [0.05, 0.1) is 16.4 Å². The van der Waals surface area contributed by atoms with Crippen molar-refractivity contribution in [1.82, 2.24) is 20.2 Å². The maximum atomic E-state index is 6.28. The first-order chi connectivity index (χ1) is 10.3. The van der Waals surface area contributed by atoms with Crippen molar-refractivity contribution in [1.29, 1.82) is 0 Å². The summed E-state index contributed by atoms with van der Waals surface area (Å²) >= 11 is 6.28. The molecule has 0 amide bonds. The van der Waals surface area contributed by atoms with Crippen molar-refractivity contribution >= 4 is 17.3 Å². The molecule has 0 spiro atoms. The minimum atomic E-state index is 0.737. The van der Waals surface area contributed by atoms with Gasteiger partial charge >= 0.3 is 0 Å². The van der Waals surface area contributed by atoms with E-state index in [9.17, 15) is 0 Å². The summed E-state index contributed by atoms with van der Waals surface area (Å²) in [4.78, 5) is 0. The van der Waals surface area contributed by atoms with Gasteiger partial charge in [0.25, 0.3) is 0 Å². The summed E-state index contributed by atoms with van der Waals surface area (Å²) in [6.07, 6.45) is 9.68. The highest BCUT2D eigenvalue weighted by molar-refractivity contribution is 6.33. The Morgan fingerprint density at radius 1 is 1.19 bits per heavy atom. The third kappa shape index (κ3) is 3.73. The van der Waals surface area contributed by atoms with Gasteiger partial charge < -0.3 is 5.32 Å². The molecule has 1 heterocycles. The highest BCUT2D eigenvalue weighted by Gasteiger charge is 2.13. The number of halogens is 1. The van der Waals surface area contributed by atoms with Gasteiger partial charge in [-0.05, 0) is 47.4 Å². The molecule has 5 nitrogen and oxygen atoms in total. The second kappa shape index (κ2) is 6.89. The molecule has 112 valence electrons. The Balaban J connectivity index is 1.68. The maximum Gasteiger partial charge on any atom is 0.143 e. The fraction of sp³-hybridized carbons (Fsp3) is 0.533. The van der Waals surface area contributed by atoms with Gasteiger partial charge in [0.1, 0.15) is 6.33 Å². The van der Waals surface area contributed by atoms with E-state index >= 15 is 0 Å². The number of benzene rings is 1. The van der Waals surface area contributed by atoms with Gasteiger partial charge in [-0.2, -0.15) is 0 Å². The zero-order chi connectivity index (χ0) is 14.5.